The number of rotatable bonds is 4. The van der Waals surface area contributed by atoms with Gasteiger partial charge in [0, 0.05) is 23.6 Å². The van der Waals surface area contributed by atoms with E-state index in [9.17, 15) is 9.59 Å². The minimum absolute atomic E-state index is 0.148. The van der Waals surface area contributed by atoms with Crippen molar-refractivity contribution in [1.29, 1.82) is 0 Å². The van der Waals surface area contributed by atoms with Crippen molar-refractivity contribution in [3.05, 3.63) is 51.1 Å². The molecule has 0 unspecified atom stereocenters. The van der Waals surface area contributed by atoms with E-state index >= 15 is 0 Å². The lowest BCUT2D eigenvalue weighted by atomic mass is 10.3. The maximum atomic E-state index is 11.7. The van der Waals surface area contributed by atoms with Crippen molar-refractivity contribution in [1.82, 2.24) is 0 Å². The van der Waals surface area contributed by atoms with Gasteiger partial charge < -0.3 is 10.1 Å². The number of carbonyl (C=O) groups excluding carboxylic acids is 2. The number of hydrogen-bond donors (Lipinski definition) is 1. The van der Waals surface area contributed by atoms with Crippen LogP contribution in [-0.4, -0.2) is 11.9 Å². The molecule has 108 valence electrons. The van der Waals surface area contributed by atoms with Gasteiger partial charge in [-0.25, -0.2) is 4.79 Å². The molecule has 4 nitrogen and oxygen atoms in total. The zero-order valence-electron chi connectivity index (χ0n) is 11.1. The molecular weight excluding hydrogens is 354 g/mol. The van der Waals surface area contributed by atoms with Gasteiger partial charge in [0.2, 0.25) is 5.91 Å². The first kappa shape index (κ1) is 15.5. The number of halogens is 1. The summed E-state index contributed by atoms with van der Waals surface area (Å²) in [6.45, 7) is 1.43. The average molecular weight is 366 g/mol. The fourth-order valence-electron chi connectivity index (χ4n) is 1.53. The van der Waals surface area contributed by atoms with E-state index in [-0.39, 0.29) is 5.91 Å². The number of ether oxygens (including phenoxy) is 1. The summed E-state index contributed by atoms with van der Waals surface area (Å²) in [4.78, 5) is 23.5. The lowest BCUT2D eigenvalue weighted by molar-refractivity contribution is -0.128. The van der Waals surface area contributed by atoms with Crippen molar-refractivity contribution in [2.24, 2.45) is 0 Å². The van der Waals surface area contributed by atoms with Gasteiger partial charge in [0.1, 0.15) is 5.75 Å². The fraction of sp³-hybridized carbons (Fsp3) is 0.0667. The van der Waals surface area contributed by atoms with Crippen molar-refractivity contribution in [2.45, 2.75) is 6.92 Å². The zero-order valence-corrected chi connectivity index (χ0v) is 13.5. The number of anilines is 1. The maximum absolute atomic E-state index is 11.7. The third-order valence-corrected chi connectivity index (χ3v) is 3.96. The summed E-state index contributed by atoms with van der Waals surface area (Å²) in [6, 6.07) is 10.4. The molecule has 0 spiro atoms. The van der Waals surface area contributed by atoms with Gasteiger partial charge >= 0.3 is 5.97 Å². The molecule has 0 aliphatic carbocycles. The normalized spacial score (nSPS) is 10.6. The van der Waals surface area contributed by atoms with E-state index in [1.165, 1.54) is 24.3 Å². The Bertz CT molecular complexity index is 676. The first-order valence-corrected chi connectivity index (χ1v) is 7.67. The Morgan fingerprint density at radius 3 is 2.48 bits per heavy atom. The largest absolute Gasteiger partial charge is 0.423 e. The second-order valence-corrected chi connectivity index (χ2v) is 6.60. The van der Waals surface area contributed by atoms with Crippen LogP contribution in [0.25, 0.3) is 6.08 Å². The van der Waals surface area contributed by atoms with Crippen LogP contribution in [0.1, 0.15) is 11.8 Å². The van der Waals surface area contributed by atoms with Gasteiger partial charge in [0.05, 0.1) is 3.79 Å². The van der Waals surface area contributed by atoms with E-state index < -0.39 is 5.97 Å². The Morgan fingerprint density at radius 2 is 1.90 bits per heavy atom. The predicted molar refractivity (Wildman–Crippen MR) is 87.4 cm³/mol. The highest BCUT2D eigenvalue weighted by Crippen LogP contribution is 2.23. The highest BCUT2D eigenvalue weighted by atomic mass is 79.9. The van der Waals surface area contributed by atoms with Gasteiger partial charge in [-0.15, -0.1) is 11.3 Å². The average Bonchev–Trinajstić information content (AvgIpc) is 2.84. The molecule has 1 heterocycles. The maximum Gasteiger partial charge on any atom is 0.336 e. The monoisotopic (exact) mass is 365 g/mol. The van der Waals surface area contributed by atoms with E-state index in [0.29, 0.717) is 11.4 Å². The minimum atomic E-state index is -0.452. The van der Waals surface area contributed by atoms with Crippen LogP contribution in [0.2, 0.25) is 0 Å². The molecule has 0 saturated heterocycles. The van der Waals surface area contributed by atoms with Gasteiger partial charge in [0.25, 0.3) is 0 Å². The van der Waals surface area contributed by atoms with Crippen LogP contribution in [0.5, 0.6) is 5.75 Å². The molecule has 0 radical (unpaired) electrons. The third kappa shape index (κ3) is 5.17. The van der Waals surface area contributed by atoms with E-state index in [0.717, 1.165) is 8.66 Å². The summed E-state index contributed by atoms with van der Waals surface area (Å²) in [5, 5.41) is 2.64. The summed E-state index contributed by atoms with van der Waals surface area (Å²) < 4.78 is 6.16. The van der Waals surface area contributed by atoms with Gasteiger partial charge in [-0.05, 0) is 58.4 Å². The molecule has 0 saturated carbocycles. The van der Waals surface area contributed by atoms with Crippen LogP contribution in [-0.2, 0) is 9.59 Å². The summed E-state index contributed by atoms with van der Waals surface area (Å²) in [5.41, 5.74) is 0.654. The lowest BCUT2D eigenvalue weighted by Gasteiger charge is -2.04. The molecular formula is C15H12BrNO3S. The fourth-order valence-corrected chi connectivity index (χ4v) is 2.85. The Balaban J connectivity index is 1.93. The van der Waals surface area contributed by atoms with Gasteiger partial charge in [-0.1, -0.05) is 0 Å². The van der Waals surface area contributed by atoms with Crippen LogP contribution in [0.3, 0.4) is 0 Å². The Morgan fingerprint density at radius 1 is 1.19 bits per heavy atom. The van der Waals surface area contributed by atoms with Crippen molar-refractivity contribution in [3.63, 3.8) is 0 Å². The second-order valence-electron chi connectivity index (χ2n) is 4.10. The predicted octanol–water partition coefficient (Wildman–Crippen LogP) is 4.09. The number of thiophene rings is 1. The minimum Gasteiger partial charge on any atom is -0.423 e. The number of nitrogens with one attached hydrogen (secondary N) is 1. The molecule has 6 heteroatoms. The van der Waals surface area contributed by atoms with Crippen LogP contribution in [0, 0.1) is 0 Å². The van der Waals surface area contributed by atoms with Crippen molar-refractivity contribution in [3.8, 4) is 5.75 Å². The first-order chi connectivity index (χ1) is 10.0. The molecule has 0 aliphatic rings. The van der Waals surface area contributed by atoms with Crippen LogP contribution < -0.4 is 10.1 Å². The summed E-state index contributed by atoms with van der Waals surface area (Å²) >= 11 is 4.88. The second kappa shape index (κ2) is 7.19. The number of hydrogen-bond acceptors (Lipinski definition) is 4. The standard InChI is InChI=1S/C15H12BrNO3S/c1-10(18)17-11-2-4-12(5-3-11)20-15(19)9-7-13-6-8-14(16)21-13/h2-9H,1H3,(H,17,18)/b9-7+. The SMILES string of the molecule is CC(=O)Nc1ccc(OC(=O)/C=C/c2ccc(Br)s2)cc1. The Kier molecular flexibility index (Phi) is 5.30. The smallest absolute Gasteiger partial charge is 0.336 e. The number of carbonyl (C=O) groups is 2. The molecule has 1 amide bonds. The number of esters is 1. The van der Waals surface area contributed by atoms with Gasteiger partial charge in [-0.2, -0.15) is 0 Å². The number of amides is 1. The molecule has 2 aromatic rings. The highest BCUT2D eigenvalue weighted by molar-refractivity contribution is 9.11. The summed E-state index contributed by atoms with van der Waals surface area (Å²) in [7, 11) is 0. The lowest BCUT2D eigenvalue weighted by Crippen LogP contribution is -2.06. The van der Waals surface area contributed by atoms with E-state index in [4.69, 9.17) is 4.74 Å². The molecule has 0 atom stereocenters. The third-order valence-electron chi connectivity index (χ3n) is 2.37. The van der Waals surface area contributed by atoms with Crippen molar-refractivity contribution >= 4 is 50.9 Å². The van der Waals surface area contributed by atoms with Crippen molar-refractivity contribution < 1.29 is 14.3 Å². The van der Waals surface area contributed by atoms with Gasteiger partial charge in [0.15, 0.2) is 0 Å². The highest BCUT2D eigenvalue weighted by Gasteiger charge is 2.02. The Hall–Kier alpha value is -1.92. The molecule has 0 fully saturated rings. The molecule has 0 aliphatic heterocycles. The van der Waals surface area contributed by atoms with Gasteiger partial charge in [-0.3, -0.25) is 4.79 Å². The van der Waals surface area contributed by atoms with Crippen LogP contribution >= 0.6 is 27.3 Å². The molecule has 1 N–H and O–H groups in total. The van der Waals surface area contributed by atoms with Crippen LogP contribution in [0.15, 0.2) is 46.3 Å². The molecule has 1 aromatic heterocycles. The van der Waals surface area contributed by atoms with E-state index in [2.05, 4.69) is 21.2 Å². The molecule has 0 bridgehead atoms. The van der Waals surface area contributed by atoms with Crippen molar-refractivity contribution in [2.75, 3.05) is 5.32 Å². The molecule has 21 heavy (non-hydrogen) atoms. The van der Waals surface area contributed by atoms with E-state index in [1.807, 2.05) is 12.1 Å². The molecule has 1 aromatic carbocycles. The summed E-state index contributed by atoms with van der Waals surface area (Å²) in [6.07, 6.45) is 3.07. The van der Waals surface area contributed by atoms with Crippen LogP contribution in [0.4, 0.5) is 5.69 Å². The topological polar surface area (TPSA) is 55.4 Å². The number of benzene rings is 1. The first-order valence-electron chi connectivity index (χ1n) is 6.06. The van der Waals surface area contributed by atoms with E-state index in [1.54, 1.807) is 30.3 Å². The zero-order chi connectivity index (χ0) is 15.2. The Labute approximate surface area is 134 Å². The molecule has 2 rings (SSSR count). The quantitative estimate of drug-likeness (QED) is 0.504. The summed E-state index contributed by atoms with van der Waals surface area (Å²) in [5.74, 6) is -0.178.